The second kappa shape index (κ2) is 7.36. The van der Waals surface area contributed by atoms with Crippen molar-refractivity contribution in [1.29, 1.82) is 5.26 Å². The van der Waals surface area contributed by atoms with Crippen molar-refractivity contribution in [2.24, 2.45) is 0 Å². The van der Waals surface area contributed by atoms with Crippen molar-refractivity contribution in [2.75, 3.05) is 19.9 Å². The second-order valence-electron chi connectivity index (χ2n) is 4.75. The molecule has 116 valence electrons. The largest absolute Gasteiger partial charge is 0.454 e. The van der Waals surface area contributed by atoms with Crippen LogP contribution in [0.3, 0.4) is 0 Å². The molecule has 0 aromatic heterocycles. The lowest BCUT2D eigenvalue weighted by atomic mass is 10.2. The van der Waals surface area contributed by atoms with Crippen LogP contribution in [0.5, 0.6) is 11.5 Å². The van der Waals surface area contributed by atoms with Gasteiger partial charge in [-0.25, -0.2) is 0 Å². The first-order chi connectivity index (χ1) is 10.7. The van der Waals surface area contributed by atoms with Gasteiger partial charge in [0.1, 0.15) is 11.6 Å². The minimum absolute atomic E-state index is 0.101. The molecule has 0 aliphatic carbocycles. The van der Waals surface area contributed by atoms with Crippen molar-refractivity contribution in [3.8, 4) is 17.6 Å². The predicted octanol–water partition coefficient (Wildman–Crippen LogP) is 1.78. The Morgan fingerprint density at radius 3 is 2.77 bits per heavy atom. The zero-order valence-electron chi connectivity index (χ0n) is 12.8. The molecule has 0 saturated carbocycles. The van der Waals surface area contributed by atoms with E-state index >= 15 is 0 Å². The lowest BCUT2D eigenvalue weighted by molar-refractivity contribution is -0.117. The van der Waals surface area contributed by atoms with Gasteiger partial charge in [-0.15, -0.1) is 0 Å². The Morgan fingerprint density at radius 1 is 1.36 bits per heavy atom. The van der Waals surface area contributed by atoms with E-state index in [2.05, 4.69) is 5.32 Å². The van der Waals surface area contributed by atoms with Gasteiger partial charge < -0.3 is 19.7 Å². The number of amides is 1. The third kappa shape index (κ3) is 3.70. The number of carbonyl (C=O) groups excluding carboxylic acids is 1. The summed E-state index contributed by atoms with van der Waals surface area (Å²) in [4.78, 5) is 14.0. The lowest BCUT2D eigenvalue weighted by Gasteiger charge is -2.15. The van der Waals surface area contributed by atoms with Crippen LogP contribution in [-0.4, -0.2) is 30.7 Å². The number of benzene rings is 1. The van der Waals surface area contributed by atoms with Crippen molar-refractivity contribution < 1.29 is 14.3 Å². The van der Waals surface area contributed by atoms with Gasteiger partial charge in [0.2, 0.25) is 6.79 Å². The van der Waals surface area contributed by atoms with Gasteiger partial charge in [-0.05, 0) is 31.5 Å². The fourth-order valence-corrected chi connectivity index (χ4v) is 2.06. The third-order valence-corrected chi connectivity index (χ3v) is 3.38. The highest BCUT2D eigenvalue weighted by molar-refractivity contribution is 5.97. The molecule has 1 aliphatic rings. The van der Waals surface area contributed by atoms with Gasteiger partial charge >= 0.3 is 0 Å². The predicted molar refractivity (Wildman–Crippen MR) is 81.0 cm³/mol. The van der Waals surface area contributed by atoms with Crippen LogP contribution in [0.1, 0.15) is 19.4 Å². The highest BCUT2D eigenvalue weighted by atomic mass is 16.7. The van der Waals surface area contributed by atoms with E-state index in [4.69, 9.17) is 14.7 Å². The number of nitrogens with one attached hydrogen (secondary N) is 1. The minimum Gasteiger partial charge on any atom is -0.454 e. The molecule has 2 rings (SSSR count). The van der Waals surface area contributed by atoms with Crippen LogP contribution in [0.15, 0.2) is 30.0 Å². The molecule has 0 fully saturated rings. The van der Waals surface area contributed by atoms with Crippen LogP contribution in [0.2, 0.25) is 0 Å². The maximum absolute atomic E-state index is 12.1. The van der Waals surface area contributed by atoms with Gasteiger partial charge in [-0.2, -0.15) is 5.26 Å². The van der Waals surface area contributed by atoms with Crippen LogP contribution in [0.25, 0.3) is 0 Å². The van der Waals surface area contributed by atoms with Crippen LogP contribution >= 0.6 is 0 Å². The molecule has 1 aromatic carbocycles. The summed E-state index contributed by atoms with van der Waals surface area (Å²) < 4.78 is 10.5. The highest BCUT2D eigenvalue weighted by Crippen LogP contribution is 2.32. The molecule has 1 N–H and O–H groups in total. The summed E-state index contributed by atoms with van der Waals surface area (Å²) >= 11 is 0. The van der Waals surface area contributed by atoms with Gasteiger partial charge in [0, 0.05) is 25.8 Å². The van der Waals surface area contributed by atoms with Gasteiger partial charge in [-0.1, -0.05) is 6.07 Å². The van der Waals surface area contributed by atoms with Crippen molar-refractivity contribution in [3.05, 3.63) is 35.5 Å². The molecule has 0 spiro atoms. The van der Waals surface area contributed by atoms with E-state index in [1.165, 1.54) is 0 Å². The number of fused-ring (bicyclic) bond motifs is 1. The first-order valence-corrected chi connectivity index (χ1v) is 7.20. The van der Waals surface area contributed by atoms with E-state index in [0.717, 1.165) is 18.7 Å². The fourth-order valence-electron chi connectivity index (χ4n) is 2.06. The molecule has 1 amide bonds. The molecule has 6 heteroatoms. The van der Waals surface area contributed by atoms with Gasteiger partial charge in [0.15, 0.2) is 11.5 Å². The van der Waals surface area contributed by atoms with E-state index in [-0.39, 0.29) is 18.3 Å². The Labute approximate surface area is 129 Å². The molecule has 0 bridgehead atoms. The van der Waals surface area contributed by atoms with E-state index in [9.17, 15) is 4.79 Å². The summed E-state index contributed by atoms with van der Waals surface area (Å²) in [5, 5.41) is 11.9. The molecule has 22 heavy (non-hydrogen) atoms. The van der Waals surface area contributed by atoms with E-state index in [0.29, 0.717) is 18.0 Å². The highest BCUT2D eigenvalue weighted by Gasteiger charge is 2.14. The number of carbonyl (C=O) groups is 1. The maximum Gasteiger partial charge on any atom is 0.263 e. The Balaban J connectivity index is 1.98. The van der Waals surface area contributed by atoms with Crippen molar-refractivity contribution >= 4 is 5.91 Å². The Hall–Kier alpha value is -2.68. The third-order valence-electron chi connectivity index (χ3n) is 3.38. The molecular weight excluding hydrogens is 282 g/mol. The van der Waals surface area contributed by atoms with Gasteiger partial charge in [-0.3, -0.25) is 4.79 Å². The van der Waals surface area contributed by atoms with Crippen LogP contribution in [0, 0.1) is 11.3 Å². The number of rotatable bonds is 6. The monoisotopic (exact) mass is 301 g/mol. The smallest absolute Gasteiger partial charge is 0.263 e. The van der Waals surface area contributed by atoms with Gasteiger partial charge in [0.05, 0.1) is 0 Å². The first kappa shape index (κ1) is 15.7. The summed E-state index contributed by atoms with van der Waals surface area (Å²) in [5.74, 6) is 0.993. The topological polar surface area (TPSA) is 74.6 Å². The first-order valence-electron chi connectivity index (χ1n) is 7.20. The lowest BCUT2D eigenvalue weighted by Crippen LogP contribution is -2.26. The number of hydrogen-bond acceptors (Lipinski definition) is 5. The average Bonchev–Trinajstić information content (AvgIpc) is 3.01. The van der Waals surface area contributed by atoms with E-state index in [1.54, 1.807) is 12.3 Å². The second-order valence-corrected chi connectivity index (χ2v) is 4.75. The average molecular weight is 301 g/mol. The quantitative estimate of drug-likeness (QED) is 0.640. The summed E-state index contributed by atoms with van der Waals surface area (Å²) in [7, 11) is 0. The molecule has 1 aromatic rings. The van der Waals surface area contributed by atoms with Crippen molar-refractivity contribution in [3.63, 3.8) is 0 Å². The van der Waals surface area contributed by atoms with Crippen molar-refractivity contribution in [1.82, 2.24) is 10.2 Å². The Morgan fingerprint density at radius 2 is 2.09 bits per heavy atom. The zero-order chi connectivity index (χ0) is 15.9. The minimum atomic E-state index is -0.382. The molecule has 0 unspecified atom stereocenters. The molecule has 6 nitrogen and oxygen atoms in total. The maximum atomic E-state index is 12.1. The van der Waals surface area contributed by atoms with Gasteiger partial charge in [0.25, 0.3) is 5.91 Å². The van der Waals surface area contributed by atoms with Crippen LogP contribution < -0.4 is 14.8 Å². The van der Waals surface area contributed by atoms with E-state index in [1.807, 2.05) is 36.9 Å². The summed E-state index contributed by atoms with van der Waals surface area (Å²) in [6, 6.07) is 7.43. The SMILES string of the molecule is CCN(/C=C(/C#N)C(=O)NCc1ccc2c(c1)OCO2)CC. The fraction of sp³-hybridized carbons (Fsp3) is 0.375. The summed E-state index contributed by atoms with van der Waals surface area (Å²) in [5.41, 5.74) is 0.988. The molecule has 0 saturated heterocycles. The number of ether oxygens (including phenoxy) is 2. The normalized spacial score (nSPS) is 12.7. The van der Waals surface area contributed by atoms with Crippen molar-refractivity contribution in [2.45, 2.75) is 20.4 Å². The Kier molecular flexibility index (Phi) is 5.26. The molecule has 1 heterocycles. The summed E-state index contributed by atoms with van der Waals surface area (Å²) in [6.07, 6.45) is 1.59. The zero-order valence-corrected chi connectivity index (χ0v) is 12.8. The number of nitriles is 1. The Bertz CT molecular complexity index is 616. The molecule has 0 atom stereocenters. The summed E-state index contributed by atoms with van der Waals surface area (Å²) in [6.45, 7) is 5.98. The molecular formula is C16H19N3O3. The van der Waals surface area contributed by atoms with E-state index < -0.39 is 0 Å². The van der Waals surface area contributed by atoms with Crippen LogP contribution in [-0.2, 0) is 11.3 Å². The molecule has 1 aliphatic heterocycles. The number of hydrogen-bond donors (Lipinski definition) is 1. The number of nitrogens with zero attached hydrogens (tertiary/aromatic N) is 2. The van der Waals surface area contributed by atoms with Crippen LogP contribution in [0.4, 0.5) is 0 Å². The molecule has 0 radical (unpaired) electrons. The standard InChI is InChI=1S/C16H19N3O3/c1-3-19(4-2)10-13(8-17)16(20)18-9-12-5-6-14-15(7-12)22-11-21-14/h5-7,10H,3-4,9,11H2,1-2H3,(H,18,20)/b13-10-.